The zero-order valence-corrected chi connectivity index (χ0v) is 17.2. The fraction of sp³-hybridized carbons (Fsp3) is 0.333. The first-order valence-corrected chi connectivity index (χ1v) is 9.81. The number of rotatable bonds is 6. The molecule has 2 aromatic heterocycles. The van der Waals surface area contributed by atoms with E-state index in [2.05, 4.69) is 25.7 Å². The minimum atomic E-state index is -0.207. The van der Waals surface area contributed by atoms with Gasteiger partial charge in [-0.3, -0.25) is 4.79 Å². The van der Waals surface area contributed by atoms with Gasteiger partial charge in [0.25, 0.3) is 5.91 Å². The topological polar surface area (TPSA) is 103 Å². The number of amides is 1. The van der Waals surface area contributed by atoms with Gasteiger partial charge in [-0.1, -0.05) is 6.07 Å². The third-order valence-electron chi connectivity index (χ3n) is 4.58. The van der Waals surface area contributed by atoms with Gasteiger partial charge in [-0.25, -0.2) is 14.6 Å². The summed E-state index contributed by atoms with van der Waals surface area (Å²) in [7, 11) is 0. The van der Waals surface area contributed by atoms with Gasteiger partial charge < -0.3 is 20.1 Å². The molecule has 3 aromatic rings. The molecule has 1 amide bonds. The third-order valence-corrected chi connectivity index (χ3v) is 4.58. The summed E-state index contributed by atoms with van der Waals surface area (Å²) in [4.78, 5) is 21.4. The van der Waals surface area contributed by atoms with Crippen molar-refractivity contribution in [2.24, 2.45) is 0 Å². The summed E-state index contributed by atoms with van der Waals surface area (Å²) in [5.41, 5.74) is 2.40. The van der Waals surface area contributed by atoms with Gasteiger partial charge >= 0.3 is 0 Å². The van der Waals surface area contributed by atoms with Crippen molar-refractivity contribution < 1.29 is 14.3 Å². The molecule has 0 spiro atoms. The van der Waals surface area contributed by atoms with Crippen LogP contribution in [0.2, 0.25) is 0 Å². The molecule has 3 heterocycles. The lowest BCUT2D eigenvalue weighted by Crippen LogP contribution is -2.30. The lowest BCUT2D eigenvalue weighted by Gasteiger charge is -2.20. The van der Waals surface area contributed by atoms with E-state index in [-0.39, 0.29) is 5.91 Å². The van der Waals surface area contributed by atoms with Crippen LogP contribution in [0.4, 0.5) is 5.82 Å². The smallest absolute Gasteiger partial charge is 0.255 e. The summed E-state index contributed by atoms with van der Waals surface area (Å²) < 4.78 is 12.9. The SMILES string of the molecule is Cc1cc(C)n(-c2cc(NCCNC(=O)c3cccc4c3OCCO4)nc(C)n2)n1. The summed E-state index contributed by atoms with van der Waals surface area (Å²) in [6, 6.07) is 9.14. The number of ether oxygens (including phenoxy) is 2. The highest BCUT2D eigenvalue weighted by molar-refractivity contribution is 5.97. The molecule has 0 radical (unpaired) electrons. The Bertz CT molecular complexity index is 1080. The maximum Gasteiger partial charge on any atom is 0.255 e. The van der Waals surface area contributed by atoms with Crippen LogP contribution in [0.5, 0.6) is 11.5 Å². The van der Waals surface area contributed by atoms with Crippen molar-refractivity contribution in [2.45, 2.75) is 20.8 Å². The van der Waals surface area contributed by atoms with Crippen molar-refractivity contribution in [1.82, 2.24) is 25.1 Å². The highest BCUT2D eigenvalue weighted by atomic mass is 16.6. The molecule has 0 bridgehead atoms. The van der Waals surface area contributed by atoms with E-state index in [0.29, 0.717) is 60.8 Å². The van der Waals surface area contributed by atoms with E-state index >= 15 is 0 Å². The first-order valence-electron chi connectivity index (χ1n) is 9.81. The van der Waals surface area contributed by atoms with E-state index in [0.717, 1.165) is 11.4 Å². The molecule has 9 heteroatoms. The first-order chi connectivity index (χ1) is 14.5. The van der Waals surface area contributed by atoms with Crippen LogP contribution in [0.1, 0.15) is 27.6 Å². The number of benzene rings is 1. The average Bonchev–Trinajstić information content (AvgIpc) is 3.08. The highest BCUT2D eigenvalue weighted by Crippen LogP contribution is 2.33. The number of nitrogens with zero attached hydrogens (tertiary/aromatic N) is 4. The van der Waals surface area contributed by atoms with Crippen LogP contribution in [-0.4, -0.2) is 52.0 Å². The van der Waals surface area contributed by atoms with Crippen LogP contribution in [0.3, 0.4) is 0 Å². The molecular weight excluding hydrogens is 384 g/mol. The minimum Gasteiger partial charge on any atom is -0.486 e. The Hall–Kier alpha value is -3.62. The van der Waals surface area contributed by atoms with Crippen LogP contribution in [0, 0.1) is 20.8 Å². The zero-order chi connectivity index (χ0) is 21.1. The van der Waals surface area contributed by atoms with Gasteiger partial charge in [0, 0.05) is 24.8 Å². The Morgan fingerprint density at radius 3 is 2.73 bits per heavy atom. The van der Waals surface area contributed by atoms with E-state index < -0.39 is 0 Å². The fourth-order valence-corrected chi connectivity index (χ4v) is 3.33. The number of aromatic nitrogens is 4. The largest absolute Gasteiger partial charge is 0.486 e. The Morgan fingerprint density at radius 2 is 1.93 bits per heavy atom. The maximum atomic E-state index is 12.5. The Labute approximate surface area is 174 Å². The minimum absolute atomic E-state index is 0.207. The number of hydrogen-bond acceptors (Lipinski definition) is 7. The molecule has 1 aliphatic rings. The van der Waals surface area contributed by atoms with Crippen molar-refractivity contribution in [3.05, 3.63) is 53.1 Å². The normalized spacial score (nSPS) is 12.5. The monoisotopic (exact) mass is 408 g/mol. The molecule has 1 aliphatic heterocycles. The summed E-state index contributed by atoms with van der Waals surface area (Å²) in [5.74, 6) is 2.90. The number of hydrogen-bond donors (Lipinski definition) is 2. The Morgan fingerprint density at radius 1 is 1.10 bits per heavy atom. The van der Waals surface area contributed by atoms with E-state index in [4.69, 9.17) is 9.47 Å². The van der Waals surface area contributed by atoms with Crippen LogP contribution < -0.4 is 20.1 Å². The molecule has 156 valence electrons. The second kappa shape index (κ2) is 8.40. The number of para-hydroxylation sites is 1. The molecule has 0 atom stereocenters. The second-order valence-electron chi connectivity index (χ2n) is 7.01. The van der Waals surface area contributed by atoms with Gasteiger partial charge in [-0.2, -0.15) is 5.10 Å². The van der Waals surface area contributed by atoms with Gasteiger partial charge in [0.1, 0.15) is 24.9 Å². The van der Waals surface area contributed by atoms with Crippen LogP contribution >= 0.6 is 0 Å². The van der Waals surface area contributed by atoms with Gasteiger partial charge in [0.05, 0.1) is 11.3 Å². The zero-order valence-electron chi connectivity index (χ0n) is 17.2. The predicted molar refractivity (Wildman–Crippen MR) is 112 cm³/mol. The van der Waals surface area contributed by atoms with Crippen molar-refractivity contribution in [3.63, 3.8) is 0 Å². The van der Waals surface area contributed by atoms with Gasteiger partial charge in [-0.15, -0.1) is 0 Å². The van der Waals surface area contributed by atoms with Gasteiger partial charge in [0.15, 0.2) is 17.3 Å². The lowest BCUT2D eigenvalue weighted by atomic mass is 10.1. The van der Waals surface area contributed by atoms with Crippen molar-refractivity contribution in [3.8, 4) is 17.3 Å². The number of anilines is 1. The van der Waals surface area contributed by atoms with E-state index in [9.17, 15) is 4.79 Å². The standard InChI is InChI=1S/C21H24N6O3/c1-13-11-14(2)27(26-13)19-12-18(24-15(3)25-19)22-7-8-23-21(28)16-5-4-6-17-20(16)30-10-9-29-17/h4-6,11-12H,7-10H2,1-3H3,(H,23,28)(H,22,24,25). The number of carbonyl (C=O) groups excluding carboxylic acids is 1. The van der Waals surface area contributed by atoms with E-state index in [1.807, 2.05) is 32.9 Å². The second-order valence-corrected chi connectivity index (χ2v) is 7.01. The molecule has 9 nitrogen and oxygen atoms in total. The molecule has 0 saturated carbocycles. The van der Waals surface area contributed by atoms with Crippen molar-refractivity contribution in [1.29, 1.82) is 0 Å². The Balaban J connectivity index is 1.37. The summed E-state index contributed by atoms with van der Waals surface area (Å²) in [6.45, 7) is 7.61. The van der Waals surface area contributed by atoms with Gasteiger partial charge in [0.2, 0.25) is 0 Å². The fourth-order valence-electron chi connectivity index (χ4n) is 3.33. The summed E-state index contributed by atoms with van der Waals surface area (Å²) >= 11 is 0. The molecule has 0 unspecified atom stereocenters. The number of aryl methyl sites for hydroxylation is 3. The van der Waals surface area contributed by atoms with Gasteiger partial charge in [-0.05, 0) is 39.0 Å². The lowest BCUT2D eigenvalue weighted by molar-refractivity contribution is 0.0944. The quantitative estimate of drug-likeness (QED) is 0.603. The van der Waals surface area contributed by atoms with Crippen molar-refractivity contribution in [2.75, 3.05) is 31.6 Å². The molecular formula is C21H24N6O3. The molecule has 0 aliphatic carbocycles. The van der Waals surface area contributed by atoms with E-state index in [1.165, 1.54) is 0 Å². The first kappa shape index (κ1) is 19.7. The van der Waals surface area contributed by atoms with Crippen LogP contribution in [-0.2, 0) is 0 Å². The molecule has 0 saturated heterocycles. The summed E-state index contributed by atoms with van der Waals surface area (Å²) in [6.07, 6.45) is 0. The number of carbonyl (C=O) groups is 1. The maximum absolute atomic E-state index is 12.5. The van der Waals surface area contributed by atoms with Crippen LogP contribution in [0.25, 0.3) is 5.82 Å². The molecule has 2 N–H and O–H groups in total. The average molecular weight is 408 g/mol. The Kier molecular flexibility index (Phi) is 5.51. The van der Waals surface area contributed by atoms with Crippen molar-refractivity contribution >= 4 is 11.7 Å². The third kappa shape index (κ3) is 4.19. The summed E-state index contributed by atoms with van der Waals surface area (Å²) in [5, 5.41) is 10.6. The number of fused-ring (bicyclic) bond motifs is 1. The highest BCUT2D eigenvalue weighted by Gasteiger charge is 2.20. The number of nitrogens with one attached hydrogen (secondary N) is 2. The molecule has 1 aromatic carbocycles. The van der Waals surface area contributed by atoms with E-state index in [1.54, 1.807) is 22.9 Å². The molecule has 30 heavy (non-hydrogen) atoms. The molecule has 4 rings (SSSR count). The van der Waals surface area contributed by atoms with Crippen LogP contribution in [0.15, 0.2) is 30.3 Å². The molecule has 0 fully saturated rings. The predicted octanol–water partition coefficient (Wildman–Crippen LogP) is 2.20.